The van der Waals surface area contributed by atoms with E-state index in [0.717, 1.165) is 19.3 Å². The first kappa shape index (κ1) is 30.0. The Morgan fingerprint density at radius 2 is 1.26 bits per heavy atom. The average Bonchev–Trinajstić information content (AvgIpc) is 2.52. The lowest BCUT2D eigenvalue weighted by atomic mass is 9.87. The quantitative estimate of drug-likeness (QED) is 0.339. The van der Waals surface area contributed by atoms with Crippen molar-refractivity contribution in [2.75, 3.05) is 7.05 Å². The van der Waals surface area contributed by atoms with E-state index in [1.807, 2.05) is 34.6 Å². The van der Waals surface area contributed by atoms with Crippen LogP contribution in [0.2, 0.25) is 0 Å². The lowest BCUT2D eigenvalue weighted by molar-refractivity contribution is -0.142. The molecule has 0 unspecified atom stereocenters. The highest BCUT2D eigenvalue weighted by atomic mass is 16.4. The minimum Gasteiger partial charge on any atom is -0.480 e. The molecule has 0 aromatic rings. The Bertz CT molecular complexity index is 424. The van der Waals surface area contributed by atoms with Gasteiger partial charge in [0.05, 0.1) is 0 Å². The third kappa shape index (κ3) is 18.9. The van der Waals surface area contributed by atoms with Crippen LogP contribution in [0.3, 0.4) is 0 Å². The van der Waals surface area contributed by atoms with E-state index in [4.69, 9.17) is 26.8 Å². The summed E-state index contributed by atoms with van der Waals surface area (Å²) in [6, 6.07) is -1.79. The summed E-state index contributed by atoms with van der Waals surface area (Å²) in [6.07, 6.45) is 3.88. The van der Waals surface area contributed by atoms with Gasteiger partial charge in [0.15, 0.2) is 0 Å². The maximum absolute atomic E-state index is 10.5. The number of nitrogens with two attached hydrogens (primary N) is 2. The van der Waals surface area contributed by atoms with E-state index in [9.17, 15) is 14.4 Å². The standard InChI is InChI=1S/C7H15NO2.C6H13NO2.C5H11NO2/c1-7(2,3)5(8-4)6(9)10;1-2-3-4-5(7)6(8)9;1-2-3-4(6)5(7)8/h5,8H,1-4H3,(H,9,10);5H,2-4,7H2,1H3,(H,8,9);4H,2-3,6H2,1H3,(H,7,8)/t2*5-;4-/m100/s1. The van der Waals surface area contributed by atoms with Crippen LogP contribution >= 0.6 is 0 Å². The minimum absolute atomic E-state index is 0.222. The zero-order chi connectivity index (χ0) is 22.2. The molecule has 0 radical (unpaired) electrons. The number of unbranched alkanes of at least 4 members (excludes halogenated alkanes) is 1. The Kier molecular flexibility index (Phi) is 18.3. The number of carboxylic acid groups (broad SMARTS) is 3. The second kappa shape index (κ2) is 16.5. The third-order valence-electron chi connectivity index (χ3n) is 3.50. The van der Waals surface area contributed by atoms with Gasteiger partial charge in [-0.15, -0.1) is 0 Å². The van der Waals surface area contributed by atoms with Crippen LogP contribution in [-0.4, -0.2) is 58.4 Å². The van der Waals surface area contributed by atoms with Gasteiger partial charge in [-0.05, 0) is 25.3 Å². The van der Waals surface area contributed by atoms with Crippen LogP contribution in [0.1, 0.15) is 66.7 Å². The van der Waals surface area contributed by atoms with Crippen molar-refractivity contribution in [2.24, 2.45) is 16.9 Å². The van der Waals surface area contributed by atoms with Crippen LogP contribution < -0.4 is 16.8 Å². The molecule has 8 N–H and O–H groups in total. The van der Waals surface area contributed by atoms with Gasteiger partial charge in [0, 0.05) is 0 Å². The highest BCUT2D eigenvalue weighted by Crippen LogP contribution is 2.18. The van der Waals surface area contributed by atoms with Gasteiger partial charge in [0.1, 0.15) is 18.1 Å². The molecule has 0 aromatic carbocycles. The predicted molar refractivity (Wildman–Crippen MR) is 106 cm³/mol. The monoisotopic (exact) mass is 393 g/mol. The molecule has 0 saturated carbocycles. The maximum atomic E-state index is 10.5. The largest absolute Gasteiger partial charge is 0.480 e. The number of hydrogen-bond donors (Lipinski definition) is 6. The van der Waals surface area contributed by atoms with Gasteiger partial charge in [-0.3, -0.25) is 14.4 Å². The molecule has 0 aliphatic heterocycles. The fraction of sp³-hybridized carbons (Fsp3) is 0.833. The van der Waals surface area contributed by atoms with Gasteiger partial charge in [-0.2, -0.15) is 0 Å². The van der Waals surface area contributed by atoms with Gasteiger partial charge in [0.25, 0.3) is 0 Å². The maximum Gasteiger partial charge on any atom is 0.321 e. The molecule has 0 aromatic heterocycles. The number of nitrogens with one attached hydrogen (secondary N) is 1. The van der Waals surface area contributed by atoms with Crippen molar-refractivity contribution in [3.63, 3.8) is 0 Å². The average molecular weight is 394 g/mol. The Morgan fingerprint density at radius 3 is 1.41 bits per heavy atom. The van der Waals surface area contributed by atoms with Crippen molar-refractivity contribution in [1.82, 2.24) is 5.32 Å². The van der Waals surface area contributed by atoms with Crippen LogP contribution in [0.15, 0.2) is 0 Å². The normalized spacial score (nSPS) is 13.8. The van der Waals surface area contributed by atoms with E-state index in [2.05, 4.69) is 5.32 Å². The zero-order valence-corrected chi connectivity index (χ0v) is 17.5. The highest BCUT2D eigenvalue weighted by Gasteiger charge is 2.29. The van der Waals surface area contributed by atoms with Crippen molar-refractivity contribution in [3.05, 3.63) is 0 Å². The smallest absolute Gasteiger partial charge is 0.321 e. The molecular weight excluding hydrogens is 354 g/mol. The summed E-state index contributed by atoms with van der Waals surface area (Å²) in [6.45, 7) is 9.59. The molecular formula is C18H39N3O6. The van der Waals surface area contributed by atoms with Crippen LogP contribution in [-0.2, 0) is 14.4 Å². The molecule has 3 atom stereocenters. The number of rotatable bonds is 9. The van der Waals surface area contributed by atoms with Crippen molar-refractivity contribution >= 4 is 17.9 Å². The third-order valence-corrected chi connectivity index (χ3v) is 3.50. The van der Waals surface area contributed by atoms with Crippen molar-refractivity contribution in [3.8, 4) is 0 Å². The Morgan fingerprint density at radius 1 is 0.852 bits per heavy atom. The molecule has 0 aliphatic carbocycles. The molecule has 9 heteroatoms. The van der Waals surface area contributed by atoms with Gasteiger partial charge >= 0.3 is 17.9 Å². The van der Waals surface area contributed by atoms with Crippen LogP contribution in [0, 0.1) is 5.41 Å². The van der Waals surface area contributed by atoms with E-state index >= 15 is 0 Å². The molecule has 162 valence electrons. The van der Waals surface area contributed by atoms with E-state index in [1.54, 1.807) is 7.05 Å². The predicted octanol–water partition coefficient (Wildman–Crippen LogP) is 1.49. The fourth-order valence-corrected chi connectivity index (χ4v) is 1.91. The van der Waals surface area contributed by atoms with Gasteiger partial charge < -0.3 is 32.1 Å². The Balaban J connectivity index is -0.000000322. The lowest BCUT2D eigenvalue weighted by Gasteiger charge is -2.26. The summed E-state index contributed by atoms with van der Waals surface area (Å²) in [4.78, 5) is 30.6. The van der Waals surface area contributed by atoms with Crippen molar-refractivity contribution < 1.29 is 29.7 Å². The van der Waals surface area contributed by atoms with Gasteiger partial charge in [-0.1, -0.05) is 53.9 Å². The number of aliphatic carboxylic acids is 3. The van der Waals surface area contributed by atoms with E-state index in [0.29, 0.717) is 12.8 Å². The fourth-order valence-electron chi connectivity index (χ4n) is 1.91. The van der Waals surface area contributed by atoms with Crippen molar-refractivity contribution in [2.45, 2.75) is 84.8 Å². The first-order chi connectivity index (χ1) is 12.3. The number of carboxylic acids is 3. The van der Waals surface area contributed by atoms with Gasteiger partial charge in [-0.25, -0.2) is 0 Å². The Labute approximate surface area is 162 Å². The van der Waals surface area contributed by atoms with Crippen LogP contribution in [0.5, 0.6) is 0 Å². The molecule has 0 spiro atoms. The molecule has 0 saturated heterocycles. The Hall–Kier alpha value is -1.71. The zero-order valence-electron chi connectivity index (χ0n) is 17.5. The molecule has 0 bridgehead atoms. The topological polar surface area (TPSA) is 176 Å². The molecule has 9 nitrogen and oxygen atoms in total. The first-order valence-corrected chi connectivity index (χ1v) is 9.12. The number of hydrogen-bond acceptors (Lipinski definition) is 6. The molecule has 0 amide bonds. The van der Waals surface area contributed by atoms with E-state index in [-0.39, 0.29) is 5.41 Å². The SMILES string of the molecule is CCCC[C@H](N)C(=O)O.CCC[C@H](N)C(=O)O.CN[C@H](C(=O)O)C(C)(C)C. The molecule has 0 fully saturated rings. The first-order valence-electron chi connectivity index (χ1n) is 9.12. The van der Waals surface area contributed by atoms with E-state index in [1.165, 1.54) is 0 Å². The van der Waals surface area contributed by atoms with Crippen LogP contribution in [0.4, 0.5) is 0 Å². The summed E-state index contributed by atoms with van der Waals surface area (Å²) >= 11 is 0. The second-order valence-electron chi connectivity index (χ2n) is 7.25. The molecule has 27 heavy (non-hydrogen) atoms. The number of likely N-dealkylation sites (N-methyl/N-ethyl adjacent to an activating group) is 1. The highest BCUT2D eigenvalue weighted by molar-refractivity contribution is 5.74. The summed E-state index contributed by atoms with van der Waals surface area (Å²) < 4.78 is 0. The summed E-state index contributed by atoms with van der Waals surface area (Å²) in [5, 5.41) is 27.9. The summed E-state index contributed by atoms with van der Waals surface area (Å²) in [7, 11) is 1.66. The lowest BCUT2D eigenvalue weighted by Crippen LogP contribution is -2.44. The van der Waals surface area contributed by atoms with E-state index < -0.39 is 36.0 Å². The van der Waals surface area contributed by atoms with Gasteiger partial charge in [0.2, 0.25) is 0 Å². The number of carbonyl (C=O) groups is 3. The summed E-state index contributed by atoms with van der Waals surface area (Å²) in [5.74, 6) is -2.61. The molecule has 0 aliphatic rings. The minimum atomic E-state index is -0.910. The molecule has 0 heterocycles. The van der Waals surface area contributed by atoms with Crippen molar-refractivity contribution in [1.29, 1.82) is 0 Å². The summed E-state index contributed by atoms with van der Waals surface area (Å²) in [5.41, 5.74) is 10.1. The molecule has 0 rings (SSSR count). The van der Waals surface area contributed by atoms with Crippen LogP contribution in [0.25, 0.3) is 0 Å². The second-order valence-corrected chi connectivity index (χ2v) is 7.25.